The minimum atomic E-state index is -0.427. The first-order valence-electron chi connectivity index (χ1n) is 9.54. The molecule has 0 radical (unpaired) electrons. The molecule has 3 rings (SSSR count). The maximum atomic E-state index is 12.7. The van der Waals surface area contributed by atoms with E-state index in [0.717, 1.165) is 0 Å². The van der Waals surface area contributed by atoms with Crippen molar-refractivity contribution >= 4 is 11.9 Å². The minimum absolute atomic E-state index is 0.124. The molecule has 31 heavy (non-hydrogen) atoms. The Morgan fingerprint density at radius 3 is 2.29 bits per heavy atom. The molecule has 0 saturated carbocycles. The zero-order valence-electron chi connectivity index (χ0n) is 17.7. The lowest BCUT2D eigenvalue weighted by atomic mass is 10.1. The van der Waals surface area contributed by atoms with Crippen molar-refractivity contribution in [3.63, 3.8) is 0 Å². The van der Waals surface area contributed by atoms with Crippen LogP contribution < -0.4 is 9.47 Å². The molecule has 0 N–H and O–H groups in total. The topological polar surface area (TPSA) is 104 Å². The average molecular weight is 425 g/mol. The second-order valence-corrected chi connectivity index (χ2v) is 6.53. The number of hydrogen-bond donors (Lipinski definition) is 0. The standard InChI is InChI=1S/C22H23N3O6/c1-5-30-22(27)15-8-6-14(7-9-15)21(26)25(2)13-19-23-24-20(31-19)16-10-11-17(28-3)18(12-16)29-4/h6-12H,5,13H2,1-4H3. The predicted molar refractivity (Wildman–Crippen MR) is 111 cm³/mol. The molecule has 0 aliphatic heterocycles. The molecule has 0 saturated heterocycles. The van der Waals surface area contributed by atoms with E-state index >= 15 is 0 Å². The number of aromatic nitrogens is 2. The molecule has 0 unspecified atom stereocenters. The first kappa shape index (κ1) is 21.8. The van der Waals surface area contributed by atoms with E-state index in [2.05, 4.69) is 10.2 Å². The Kier molecular flexibility index (Phi) is 6.86. The Balaban J connectivity index is 1.69. The van der Waals surface area contributed by atoms with E-state index in [1.54, 1.807) is 70.7 Å². The molecule has 0 fully saturated rings. The summed E-state index contributed by atoms with van der Waals surface area (Å²) in [5.74, 6) is 1.03. The van der Waals surface area contributed by atoms with E-state index < -0.39 is 5.97 Å². The molecule has 0 bridgehead atoms. The van der Waals surface area contributed by atoms with Crippen molar-refractivity contribution in [3.05, 3.63) is 59.5 Å². The lowest BCUT2D eigenvalue weighted by Gasteiger charge is -2.15. The van der Waals surface area contributed by atoms with Gasteiger partial charge in [-0.1, -0.05) is 0 Å². The first-order valence-corrected chi connectivity index (χ1v) is 9.54. The highest BCUT2D eigenvalue weighted by Gasteiger charge is 2.18. The highest BCUT2D eigenvalue weighted by molar-refractivity contribution is 5.96. The van der Waals surface area contributed by atoms with Crippen LogP contribution >= 0.6 is 0 Å². The number of ether oxygens (including phenoxy) is 3. The van der Waals surface area contributed by atoms with Crippen LogP contribution in [-0.4, -0.2) is 54.8 Å². The van der Waals surface area contributed by atoms with Crippen molar-refractivity contribution in [2.45, 2.75) is 13.5 Å². The van der Waals surface area contributed by atoms with Gasteiger partial charge in [-0.25, -0.2) is 4.79 Å². The van der Waals surface area contributed by atoms with Gasteiger partial charge in [-0.05, 0) is 49.4 Å². The third-order valence-corrected chi connectivity index (χ3v) is 4.46. The first-order chi connectivity index (χ1) is 15.0. The van der Waals surface area contributed by atoms with Crippen molar-refractivity contribution in [3.8, 4) is 23.0 Å². The maximum Gasteiger partial charge on any atom is 0.338 e. The largest absolute Gasteiger partial charge is 0.493 e. The summed E-state index contributed by atoms with van der Waals surface area (Å²) in [4.78, 5) is 25.9. The van der Waals surface area contributed by atoms with Crippen LogP contribution in [0.15, 0.2) is 46.9 Å². The number of benzene rings is 2. The molecular formula is C22H23N3O6. The number of amides is 1. The van der Waals surface area contributed by atoms with Gasteiger partial charge in [-0.15, -0.1) is 10.2 Å². The smallest absolute Gasteiger partial charge is 0.338 e. The summed E-state index contributed by atoms with van der Waals surface area (Å²) in [6, 6.07) is 11.5. The second kappa shape index (κ2) is 9.75. The van der Waals surface area contributed by atoms with Crippen molar-refractivity contribution in [1.29, 1.82) is 0 Å². The summed E-state index contributed by atoms with van der Waals surface area (Å²) in [6.07, 6.45) is 0. The van der Waals surface area contributed by atoms with Crippen molar-refractivity contribution < 1.29 is 28.2 Å². The lowest BCUT2D eigenvalue weighted by molar-refractivity contribution is 0.0525. The average Bonchev–Trinajstić information content (AvgIpc) is 3.26. The maximum absolute atomic E-state index is 12.7. The summed E-state index contributed by atoms with van der Waals surface area (Å²) in [7, 11) is 4.72. The molecule has 3 aromatic rings. The number of esters is 1. The summed E-state index contributed by atoms with van der Waals surface area (Å²) < 4.78 is 21.2. The van der Waals surface area contributed by atoms with Gasteiger partial charge in [0, 0.05) is 18.2 Å². The van der Waals surface area contributed by atoms with E-state index in [4.69, 9.17) is 18.6 Å². The van der Waals surface area contributed by atoms with Gasteiger partial charge < -0.3 is 23.5 Å². The van der Waals surface area contributed by atoms with Gasteiger partial charge in [-0.3, -0.25) is 4.79 Å². The van der Waals surface area contributed by atoms with Crippen LogP contribution in [-0.2, 0) is 11.3 Å². The van der Waals surface area contributed by atoms with Crippen molar-refractivity contribution in [2.75, 3.05) is 27.9 Å². The van der Waals surface area contributed by atoms with Gasteiger partial charge >= 0.3 is 5.97 Å². The number of rotatable bonds is 8. The van der Waals surface area contributed by atoms with Gasteiger partial charge in [-0.2, -0.15) is 0 Å². The van der Waals surface area contributed by atoms with E-state index in [-0.39, 0.29) is 24.9 Å². The van der Waals surface area contributed by atoms with Gasteiger partial charge in [0.1, 0.15) is 0 Å². The van der Waals surface area contributed by atoms with Crippen molar-refractivity contribution in [2.24, 2.45) is 0 Å². The molecule has 1 heterocycles. The Bertz CT molecular complexity index is 1060. The van der Waals surface area contributed by atoms with Crippen LogP contribution in [0, 0.1) is 0 Å². The van der Waals surface area contributed by atoms with Crippen LogP contribution in [0.2, 0.25) is 0 Å². The molecule has 0 aliphatic carbocycles. The van der Waals surface area contributed by atoms with E-state index in [0.29, 0.717) is 34.1 Å². The fourth-order valence-electron chi connectivity index (χ4n) is 2.86. The minimum Gasteiger partial charge on any atom is -0.493 e. The molecule has 0 atom stereocenters. The van der Waals surface area contributed by atoms with E-state index in [1.807, 2.05) is 0 Å². The van der Waals surface area contributed by atoms with Crippen LogP contribution in [0.1, 0.15) is 33.5 Å². The van der Waals surface area contributed by atoms with Gasteiger partial charge in [0.15, 0.2) is 11.5 Å². The number of nitrogens with zero attached hydrogens (tertiary/aromatic N) is 3. The highest BCUT2D eigenvalue weighted by atomic mass is 16.5. The summed E-state index contributed by atoms with van der Waals surface area (Å²) in [5.41, 5.74) is 1.48. The van der Waals surface area contributed by atoms with Crippen LogP contribution in [0.25, 0.3) is 11.5 Å². The number of methoxy groups -OCH3 is 2. The quantitative estimate of drug-likeness (QED) is 0.507. The van der Waals surface area contributed by atoms with Crippen molar-refractivity contribution in [1.82, 2.24) is 15.1 Å². The molecule has 0 aliphatic rings. The van der Waals surface area contributed by atoms with Gasteiger partial charge in [0.05, 0.1) is 32.9 Å². The fourth-order valence-corrected chi connectivity index (χ4v) is 2.86. The molecular weight excluding hydrogens is 402 g/mol. The zero-order valence-corrected chi connectivity index (χ0v) is 17.7. The Morgan fingerprint density at radius 1 is 0.968 bits per heavy atom. The Hall–Kier alpha value is -3.88. The van der Waals surface area contributed by atoms with Gasteiger partial charge in [0.2, 0.25) is 11.8 Å². The third kappa shape index (κ3) is 5.00. The molecule has 9 heteroatoms. The second-order valence-electron chi connectivity index (χ2n) is 6.53. The van der Waals surface area contributed by atoms with Crippen LogP contribution in [0.5, 0.6) is 11.5 Å². The molecule has 2 aromatic carbocycles. The molecule has 1 aromatic heterocycles. The predicted octanol–water partition coefficient (Wildman–Crippen LogP) is 3.20. The molecule has 1 amide bonds. The van der Waals surface area contributed by atoms with Gasteiger partial charge in [0.25, 0.3) is 5.91 Å². The summed E-state index contributed by atoms with van der Waals surface area (Å²) in [5, 5.41) is 8.07. The van der Waals surface area contributed by atoms with Crippen LogP contribution in [0.3, 0.4) is 0 Å². The Morgan fingerprint density at radius 2 is 1.65 bits per heavy atom. The summed E-state index contributed by atoms with van der Waals surface area (Å²) in [6.45, 7) is 2.15. The molecule has 162 valence electrons. The number of carbonyl (C=O) groups excluding carboxylic acids is 2. The number of carbonyl (C=O) groups is 2. The molecule has 9 nitrogen and oxygen atoms in total. The van der Waals surface area contributed by atoms with E-state index in [9.17, 15) is 9.59 Å². The lowest BCUT2D eigenvalue weighted by Crippen LogP contribution is -2.26. The zero-order chi connectivity index (χ0) is 22.4. The van der Waals surface area contributed by atoms with E-state index in [1.165, 1.54) is 4.90 Å². The fraction of sp³-hybridized carbons (Fsp3) is 0.273. The SMILES string of the molecule is CCOC(=O)c1ccc(C(=O)N(C)Cc2nnc(-c3ccc(OC)c(OC)c3)o2)cc1. The normalized spacial score (nSPS) is 10.5. The summed E-state index contributed by atoms with van der Waals surface area (Å²) >= 11 is 0. The molecule has 0 spiro atoms. The monoisotopic (exact) mass is 425 g/mol. The number of hydrogen-bond acceptors (Lipinski definition) is 8. The highest BCUT2D eigenvalue weighted by Crippen LogP contribution is 2.31. The Labute approximate surface area is 179 Å². The third-order valence-electron chi connectivity index (χ3n) is 4.46. The van der Waals surface area contributed by atoms with Crippen LogP contribution in [0.4, 0.5) is 0 Å².